The Hall–Kier alpha value is -1.06. The van der Waals surface area contributed by atoms with Gasteiger partial charge < -0.3 is 14.8 Å². The van der Waals surface area contributed by atoms with Crippen molar-refractivity contribution in [1.29, 1.82) is 0 Å². The lowest BCUT2D eigenvalue weighted by atomic mass is 9.89. The van der Waals surface area contributed by atoms with E-state index in [9.17, 15) is 0 Å². The van der Waals surface area contributed by atoms with Crippen LogP contribution in [0.25, 0.3) is 0 Å². The van der Waals surface area contributed by atoms with Gasteiger partial charge in [-0.3, -0.25) is 0 Å². The first-order chi connectivity index (χ1) is 9.36. The normalized spacial score (nSPS) is 23.3. The van der Waals surface area contributed by atoms with E-state index in [1.54, 1.807) is 0 Å². The third-order valence-electron chi connectivity index (χ3n) is 3.63. The van der Waals surface area contributed by atoms with E-state index in [2.05, 4.69) is 24.4 Å². The molecule has 0 amide bonds. The van der Waals surface area contributed by atoms with Gasteiger partial charge in [-0.25, -0.2) is 0 Å². The van der Waals surface area contributed by atoms with Crippen molar-refractivity contribution in [3.8, 4) is 5.75 Å². The van der Waals surface area contributed by atoms with Crippen LogP contribution in [-0.4, -0.2) is 26.3 Å². The lowest BCUT2D eigenvalue weighted by Gasteiger charge is -2.33. The van der Waals surface area contributed by atoms with Gasteiger partial charge in [-0.05, 0) is 32.4 Å². The van der Waals surface area contributed by atoms with Crippen molar-refractivity contribution < 1.29 is 9.47 Å². The fourth-order valence-electron chi connectivity index (χ4n) is 2.73. The topological polar surface area (TPSA) is 30.5 Å². The molecule has 1 N–H and O–H groups in total. The monoisotopic (exact) mass is 263 g/mol. The van der Waals surface area contributed by atoms with Crippen molar-refractivity contribution in [1.82, 2.24) is 5.32 Å². The summed E-state index contributed by atoms with van der Waals surface area (Å²) in [4.78, 5) is 0. The van der Waals surface area contributed by atoms with Crippen molar-refractivity contribution in [2.75, 3.05) is 26.3 Å². The molecule has 0 spiro atoms. The molecular weight excluding hydrogens is 238 g/mol. The molecule has 19 heavy (non-hydrogen) atoms. The van der Waals surface area contributed by atoms with Crippen molar-refractivity contribution in [2.24, 2.45) is 5.92 Å². The van der Waals surface area contributed by atoms with E-state index in [4.69, 9.17) is 9.47 Å². The molecule has 0 radical (unpaired) electrons. The third kappa shape index (κ3) is 3.71. The van der Waals surface area contributed by atoms with Crippen LogP contribution in [0.4, 0.5) is 0 Å². The Morgan fingerprint density at radius 2 is 2.16 bits per heavy atom. The summed E-state index contributed by atoms with van der Waals surface area (Å²) in [6.45, 7) is 7.74. The summed E-state index contributed by atoms with van der Waals surface area (Å²) < 4.78 is 11.8. The van der Waals surface area contributed by atoms with Crippen molar-refractivity contribution in [2.45, 2.75) is 32.8 Å². The molecule has 3 heteroatoms. The second-order valence-corrected chi connectivity index (χ2v) is 4.97. The van der Waals surface area contributed by atoms with Gasteiger partial charge in [0.1, 0.15) is 5.75 Å². The average Bonchev–Trinajstić information content (AvgIpc) is 2.46. The SMILES string of the molecule is CCNCC1CCCOC1c1ccccc1OCC. The zero-order chi connectivity index (χ0) is 13.5. The van der Waals surface area contributed by atoms with E-state index in [0.717, 1.165) is 31.9 Å². The van der Waals surface area contributed by atoms with E-state index in [-0.39, 0.29) is 6.10 Å². The first-order valence-electron chi connectivity index (χ1n) is 7.40. The molecule has 2 atom stereocenters. The van der Waals surface area contributed by atoms with Gasteiger partial charge in [0.25, 0.3) is 0 Å². The molecule has 2 unspecified atom stereocenters. The van der Waals surface area contributed by atoms with Crippen LogP contribution in [0.1, 0.15) is 38.4 Å². The highest BCUT2D eigenvalue weighted by Crippen LogP contribution is 2.37. The molecule has 0 saturated carbocycles. The van der Waals surface area contributed by atoms with Gasteiger partial charge in [0.2, 0.25) is 0 Å². The van der Waals surface area contributed by atoms with Crippen LogP contribution >= 0.6 is 0 Å². The van der Waals surface area contributed by atoms with Crippen LogP contribution in [0.5, 0.6) is 5.75 Å². The Morgan fingerprint density at radius 1 is 1.32 bits per heavy atom. The maximum absolute atomic E-state index is 6.04. The molecule has 1 aliphatic rings. The zero-order valence-electron chi connectivity index (χ0n) is 12.0. The highest BCUT2D eigenvalue weighted by molar-refractivity contribution is 5.35. The van der Waals surface area contributed by atoms with Gasteiger partial charge in [-0.15, -0.1) is 0 Å². The van der Waals surface area contributed by atoms with Gasteiger partial charge >= 0.3 is 0 Å². The second-order valence-electron chi connectivity index (χ2n) is 4.97. The number of para-hydroxylation sites is 1. The molecule has 1 fully saturated rings. The highest BCUT2D eigenvalue weighted by atomic mass is 16.5. The summed E-state index contributed by atoms with van der Waals surface area (Å²) in [5.74, 6) is 1.51. The van der Waals surface area contributed by atoms with Gasteiger partial charge in [0.05, 0.1) is 12.7 Å². The Bertz CT molecular complexity index is 381. The minimum Gasteiger partial charge on any atom is -0.493 e. The van der Waals surface area contributed by atoms with Gasteiger partial charge in [-0.1, -0.05) is 25.1 Å². The predicted octanol–water partition coefficient (Wildman–Crippen LogP) is 3.16. The standard InChI is InChI=1S/C16H25NO2/c1-3-17-12-13-8-7-11-19-16(13)14-9-5-6-10-15(14)18-4-2/h5-6,9-10,13,16-17H,3-4,7-8,11-12H2,1-2H3. The molecule has 1 saturated heterocycles. The highest BCUT2D eigenvalue weighted by Gasteiger charge is 2.29. The number of hydrogen-bond donors (Lipinski definition) is 1. The van der Waals surface area contributed by atoms with Gasteiger partial charge in [0, 0.05) is 24.6 Å². The Kier molecular flexibility index (Phi) is 5.67. The number of ether oxygens (including phenoxy) is 2. The van der Waals surface area contributed by atoms with Gasteiger partial charge in [-0.2, -0.15) is 0 Å². The fourth-order valence-corrected chi connectivity index (χ4v) is 2.73. The van der Waals surface area contributed by atoms with Crippen LogP contribution in [0, 0.1) is 5.92 Å². The Balaban J connectivity index is 2.16. The minimum absolute atomic E-state index is 0.163. The van der Waals surface area contributed by atoms with E-state index in [1.165, 1.54) is 12.0 Å². The summed E-state index contributed by atoms with van der Waals surface area (Å²) in [5.41, 5.74) is 1.20. The first-order valence-corrected chi connectivity index (χ1v) is 7.40. The van der Waals surface area contributed by atoms with Crippen LogP contribution in [-0.2, 0) is 4.74 Å². The first kappa shape index (κ1) is 14.4. The molecule has 2 rings (SSSR count). The number of nitrogens with one attached hydrogen (secondary N) is 1. The number of hydrogen-bond acceptors (Lipinski definition) is 3. The predicted molar refractivity (Wildman–Crippen MR) is 77.6 cm³/mol. The lowest BCUT2D eigenvalue weighted by molar-refractivity contribution is -0.0289. The molecule has 0 aliphatic carbocycles. The van der Waals surface area contributed by atoms with Crippen LogP contribution in [0.3, 0.4) is 0 Å². The third-order valence-corrected chi connectivity index (χ3v) is 3.63. The average molecular weight is 263 g/mol. The van der Waals surface area contributed by atoms with Crippen molar-refractivity contribution in [3.05, 3.63) is 29.8 Å². The van der Waals surface area contributed by atoms with Crippen molar-refractivity contribution in [3.63, 3.8) is 0 Å². The lowest BCUT2D eigenvalue weighted by Crippen LogP contribution is -2.32. The fraction of sp³-hybridized carbons (Fsp3) is 0.625. The molecule has 106 valence electrons. The van der Waals surface area contributed by atoms with E-state index in [1.807, 2.05) is 19.1 Å². The molecule has 1 aliphatic heterocycles. The molecule has 0 bridgehead atoms. The minimum atomic E-state index is 0.163. The maximum atomic E-state index is 6.04. The molecule has 1 aromatic carbocycles. The molecule has 3 nitrogen and oxygen atoms in total. The molecular formula is C16H25NO2. The van der Waals surface area contributed by atoms with Crippen LogP contribution < -0.4 is 10.1 Å². The van der Waals surface area contributed by atoms with E-state index in [0.29, 0.717) is 12.5 Å². The summed E-state index contributed by atoms with van der Waals surface area (Å²) >= 11 is 0. The van der Waals surface area contributed by atoms with Crippen molar-refractivity contribution >= 4 is 0 Å². The van der Waals surface area contributed by atoms with Crippen LogP contribution in [0.2, 0.25) is 0 Å². The Labute approximate surface area is 116 Å². The van der Waals surface area contributed by atoms with E-state index >= 15 is 0 Å². The second kappa shape index (κ2) is 7.51. The maximum Gasteiger partial charge on any atom is 0.125 e. The molecule has 0 aromatic heterocycles. The smallest absolute Gasteiger partial charge is 0.125 e. The van der Waals surface area contributed by atoms with E-state index < -0.39 is 0 Å². The molecule has 1 heterocycles. The Morgan fingerprint density at radius 3 is 2.95 bits per heavy atom. The summed E-state index contributed by atoms with van der Waals surface area (Å²) in [6.07, 6.45) is 2.54. The summed E-state index contributed by atoms with van der Waals surface area (Å²) in [5, 5.41) is 3.45. The van der Waals surface area contributed by atoms with Gasteiger partial charge in [0.15, 0.2) is 0 Å². The largest absolute Gasteiger partial charge is 0.493 e. The summed E-state index contributed by atoms with van der Waals surface area (Å²) in [7, 11) is 0. The molecule has 1 aromatic rings. The number of benzene rings is 1. The summed E-state index contributed by atoms with van der Waals surface area (Å²) in [6, 6.07) is 8.28. The van der Waals surface area contributed by atoms with Crippen LogP contribution in [0.15, 0.2) is 24.3 Å². The quantitative estimate of drug-likeness (QED) is 0.855. The number of rotatable bonds is 6. The zero-order valence-corrected chi connectivity index (χ0v) is 12.0.